The molecule has 0 spiro atoms. The standard InChI is InChI=1S/C17H17N7O4S/c1-28-12-5-3-2-4-10(12)24-17(20-21-22-24)29-8-11(25)13-14(18)23(9-6-7-9)16(27)19-15(13)26/h2-5,9H,6-8,18H2,1H3,(H,19,26,27). The number of hydrogen-bond acceptors (Lipinski definition) is 9. The number of ether oxygens (including phenoxy) is 1. The second kappa shape index (κ2) is 7.54. The van der Waals surface area contributed by atoms with Crippen LogP contribution in [-0.4, -0.2) is 48.4 Å². The number of para-hydroxylation sites is 2. The Morgan fingerprint density at radius 1 is 1.34 bits per heavy atom. The van der Waals surface area contributed by atoms with Crippen molar-refractivity contribution in [2.24, 2.45) is 0 Å². The van der Waals surface area contributed by atoms with E-state index in [1.165, 1.54) is 16.4 Å². The fourth-order valence-electron chi connectivity index (χ4n) is 2.96. The van der Waals surface area contributed by atoms with Crippen LogP contribution in [0.2, 0.25) is 0 Å². The first-order chi connectivity index (χ1) is 14.0. The minimum atomic E-state index is -0.792. The number of nitrogens with one attached hydrogen (secondary N) is 1. The van der Waals surface area contributed by atoms with Crippen molar-refractivity contribution in [3.05, 3.63) is 50.7 Å². The van der Waals surface area contributed by atoms with Crippen LogP contribution in [0.1, 0.15) is 29.2 Å². The highest BCUT2D eigenvalue weighted by atomic mass is 32.2. The molecule has 0 saturated heterocycles. The first-order valence-corrected chi connectivity index (χ1v) is 9.72. The summed E-state index contributed by atoms with van der Waals surface area (Å²) in [6.07, 6.45) is 1.57. The minimum Gasteiger partial charge on any atom is -0.494 e. The van der Waals surface area contributed by atoms with Gasteiger partial charge in [-0.15, -0.1) is 5.10 Å². The number of hydrogen-bond donors (Lipinski definition) is 2. The molecular weight excluding hydrogens is 398 g/mol. The number of nitrogens with two attached hydrogens (primary N) is 1. The molecule has 3 aromatic rings. The zero-order chi connectivity index (χ0) is 20.5. The van der Waals surface area contributed by atoms with Crippen molar-refractivity contribution >= 4 is 23.4 Å². The molecule has 0 unspecified atom stereocenters. The molecule has 2 aromatic heterocycles. The lowest BCUT2D eigenvalue weighted by molar-refractivity contribution is 0.102. The van der Waals surface area contributed by atoms with Crippen molar-refractivity contribution in [2.45, 2.75) is 24.0 Å². The summed E-state index contributed by atoms with van der Waals surface area (Å²) in [7, 11) is 1.53. The number of ketones is 1. The molecule has 0 aliphatic heterocycles. The van der Waals surface area contributed by atoms with Crippen LogP contribution >= 0.6 is 11.8 Å². The highest BCUT2D eigenvalue weighted by Gasteiger charge is 2.30. The van der Waals surface area contributed by atoms with E-state index >= 15 is 0 Å². The Hall–Kier alpha value is -3.41. The number of nitrogen functional groups attached to an aromatic ring is 1. The molecule has 150 valence electrons. The summed E-state index contributed by atoms with van der Waals surface area (Å²) in [5, 5.41) is 11.9. The third-order valence-corrected chi connectivity index (χ3v) is 5.38. The second-order valence-corrected chi connectivity index (χ2v) is 7.32. The first-order valence-electron chi connectivity index (χ1n) is 8.73. The molecule has 1 aliphatic carbocycles. The van der Waals surface area contributed by atoms with Crippen LogP contribution < -0.4 is 21.7 Å². The third-order valence-electron chi connectivity index (χ3n) is 4.46. The summed E-state index contributed by atoms with van der Waals surface area (Å²) in [6.45, 7) is 0. The average molecular weight is 415 g/mol. The van der Waals surface area contributed by atoms with Crippen LogP contribution in [0.5, 0.6) is 5.75 Å². The summed E-state index contributed by atoms with van der Waals surface area (Å²) in [6, 6.07) is 7.08. The van der Waals surface area contributed by atoms with Crippen molar-refractivity contribution in [1.29, 1.82) is 0 Å². The van der Waals surface area contributed by atoms with Crippen molar-refractivity contribution in [3.63, 3.8) is 0 Å². The first kappa shape index (κ1) is 18.9. The maximum atomic E-state index is 12.7. The van der Waals surface area contributed by atoms with E-state index in [0.29, 0.717) is 16.6 Å². The second-order valence-electron chi connectivity index (χ2n) is 6.38. The van der Waals surface area contributed by atoms with Crippen LogP contribution in [0, 0.1) is 0 Å². The number of anilines is 1. The monoisotopic (exact) mass is 415 g/mol. The number of carbonyl (C=O) groups excluding carboxylic acids is 1. The van der Waals surface area contributed by atoms with Crippen LogP contribution in [0.15, 0.2) is 39.0 Å². The number of rotatable bonds is 7. The molecule has 0 amide bonds. The van der Waals surface area contributed by atoms with Gasteiger partial charge in [0.2, 0.25) is 5.16 Å². The van der Waals surface area contributed by atoms with Gasteiger partial charge in [-0.25, -0.2) is 4.79 Å². The number of methoxy groups -OCH3 is 1. The van der Waals surface area contributed by atoms with Gasteiger partial charge in [-0.2, -0.15) is 4.68 Å². The summed E-state index contributed by atoms with van der Waals surface area (Å²) in [5.74, 6) is -0.190. The van der Waals surface area contributed by atoms with E-state index in [2.05, 4.69) is 20.5 Å². The lowest BCUT2D eigenvalue weighted by Gasteiger charge is -2.11. The molecule has 29 heavy (non-hydrogen) atoms. The summed E-state index contributed by atoms with van der Waals surface area (Å²) < 4.78 is 8.03. The fourth-order valence-corrected chi connectivity index (χ4v) is 3.71. The van der Waals surface area contributed by atoms with E-state index in [1.54, 1.807) is 18.2 Å². The van der Waals surface area contributed by atoms with E-state index in [0.717, 1.165) is 24.6 Å². The van der Waals surface area contributed by atoms with Gasteiger partial charge in [0.1, 0.15) is 22.8 Å². The molecular formula is C17H17N7O4S. The molecule has 0 bridgehead atoms. The third kappa shape index (κ3) is 3.53. The van der Waals surface area contributed by atoms with Crippen molar-refractivity contribution in [1.82, 2.24) is 29.8 Å². The van der Waals surface area contributed by atoms with Crippen LogP contribution in [0.25, 0.3) is 5.69 Å². The van der Waals surface area contributed by atoms with Crippen LogP contribution in [0.4, 0.5) is 5.82 Å². The fraction of sp³-hybridized carbons (Fsp3) is 0.294. The van der Waals surface area contributed by atoms with Gasteiger partial charge >= 0.3 is 5.69 Å². The predicted octanol–water partition coefficient (Wildman–Crippen LogP) is 0.413. The molecule has 4 rings (SSSR count). The van der Waals surface area contributed by atoms with E-state index in [9.17, 15) is 14.4 Å². The van der Waals surface area contributed by atoms with Gasteiger partial charge in [-0.3, -0.25) is 19.1 Å². The summed E-state index contributed by atoms with van der Waals surface area (Å²) >= 11 is 1.05. The Balaban J connectivity index is 1.60. The number of aromatic amines is 1. The molecule has 1 aliphatic rings. The topological polar surface area (TPSA) is 151 Å². The highest BCUT2D eigenvalue weighted by Crippen LogP contribution is 2.35. The largest absolute Gasteiger partial charge is 0.494 e. The SMILES string of the molecule is COc1ccccc1-n1nnnc1SCC(=O)c1c(N)n(C2CC2)c(=O)[nH]c1=O. The lowest BCUT2D eigenvalue weighted by atomic mass is 10.2. The smallest absolute Gasteiger partial charge is 0.330 e. The number of H-pyrrole nitrogens is 1. The number of aromatic nitrogens is 6. The highest BCUT2D eigenvalue weighted by molar-refractivity contribution is 7.99. The maximum Gasteiger partial charge on any atom is 0.330 e. The Morgan fingerprint density at radius 3 is 2.83 bits per heavy atom. The van der Waals surface area contributed by atoms with E-state index in [-0.39, 0.29) is 23.2 Å². The van der Waals surface area contributed by atoms with Crippen LogP contribution in [-0.2, 0) is 0 Å². The molecule has 11 nitrogen and oxygen atoms in total. The van der Waals surface area contributed by atoms with E-state index in [4.69, 9.17) is 10.5 Å². The van der Waals surface area contributed by atoms with E-state index in [1.807, 2.05) is 6.07 Å². The Morgan fingerprint density at radius 2 is 2.10 bits per heavy atom. The summed E-state index contributed by atoms with van der Waals surface area (Å²) in [5.41, 5.74) is 4.98. The van der Waals surface area contributed by atoms with Gasteiger partial charge in [0.05, 0.1) is 12.9 Å². The zero-order valence-corrected chi connectivity index (χ0v) is 16.2. The number of Topliss-reactive ketones (excluding diaryl/α,β-unsaturated/α-hetero) is 1. The number of tetrazole rings is 1. The van der Waals surface area contributed by atoms with Gasteiger partial charge < -0.3 is 10.5 Å². The quantitative estimate of drug-likeness (QED) is 0.413. The van der Waals surface area contributed by atoms with Gasteiger partial charge in [0, 0.05) is 6.04 Å². The van der Waals surface area contributed by atoms with Gasteiger partial charge in [-0.05, 0) is 35.4 Å². The normalized spacial score (nSPS) is 13.4. The molecule has 1 aromatic carbocycles. The van der Waals surface area contributed by atoms with Gasteiger partial charge in [0.25, 0.3) is 5.56 Å². The Labute approximate surface area is 167 Å². The number of thioether (sulfide) groups is 1. The summed E-state index contributed by atoms with van der Waals surface area (Å²) in [4.78, 5) is 39.1. The van der Waals surface area contributed by atoms with Crippen molar-refractivity contribution in [2.75, 3.05) is 18.6 Å². The molecule has 1 saturated carbocycles. The lowest BCUT2D eigenvalue weighted by Crippen LogP contribution is -2.36. The maximum absolute atomic E-state index is 12.7. The molecule has 12 heteroatoms. The van der Waals surface area contributed by atoms with Gasteiger partial charge in [0.15, 0.2) is 5.78 Å². The average Bonchev–Trinajstić information content (AvgIpc) is 3.42. The van der Waals surface area contributed by atoms with Gasteiger partial charge in [-0.1, -0.05) is 23.9 Å². The number of nitrogens with zero attached hydrogens (tertiary/aromatic N) is 5. The Kier molecular flexibility index (Phi) is 4.92. The van der Waals surface area contributed by atoms with Crippen molar-refractivity contribution in [3.8, 4) is 11.4 Å². The minimum absolute atomic E-state index is 0.0728. The number of benzene rings is 1. The molecule has 1 fully saturated rings. The zero-order valence-electron chi connectivity index (χ0n) is 15.4. The van der Waals surface area contributed by atoms with E-state index < -0.39 is 17.0 Å². The van der Waals surface area contributed by atoms with Crippen molar-refractivity contribution < 1.29 is 9.53 Å². The predicted molar refractivity (Wildman–Crippen MR) is 105 cm³/mol. The molecule has 3 N–H and O–H groups in total. The van der Waals surface area contributed by atoms with Crippen LogP contribution in [0.3, 0.4) is 0 Å². The molecule has 0 radical (unpaired) electrons. The molecule has 0 atom stereocenters. The molecule has 2 heterocycles. The number of carbonyl (C=O) groups is 1. The Bertz CT molecular complexity index is 1190.